The number of carboxylic acid groups (broad SMARTS) is 1. The fourth-order valence-corrected chi connectivity index (χ4v) is 3.23. The smallest absolute Gasteiger partial charge is 0.213 e. The molecule has 0 fully saturated rings. The van der Waals surface area contributed by atoms with E-state index in [2.05, 4.69) is 15.2 Å². The zero-order valence-electron chi connectivity index (χ0n) is 15.7. The Labute approximate surface area is 171 Å². The second-order valence-electron chi connectivity index (χ2n) is 6.17. The van der Waals surface area contributed by atoms with Crippen LogP contribution < -0.4 is 9.84 Å². The maximum atomic E-state index is 13.0. The Morgan fingerprint density at radius 3 is 2.72 bits per heavy atom. The third-order valence-corrected chi connectivity index (χ3v) is 4.78. The van der Waals surface area contributed by atoms with E-state index in [1.165, 1.54) is 18.2 Å². The number of thioether (sulfide) groups is 1. The van der Waals surface area contributed by atoms with E-state index in [0.29, 0.717) is 22.3 Å². The number of carbonyl (C=O) groups is 1. The average molecular weight is 412 g/mol. The molecular weight excluding hydrogens is 393 g/mol. The van der Waals surface area contributed by atoms with E-state index in [-0.39, 0.29) is 17.3 Å². The number of nitrogens with one attached hydrogen (secondary N) is 1. The van der Waals surface area contributed by atoms with Crippen molar-refractivity contribution in [3.63, 3.8) is 0 Å². The van der Waals surface area contributed by atoms with Gasteiger partial charge in [-0.25, -0.2) is 9.37 Å². The van der Waals surface area contributed by atoms with E-state index < -0.39 is 5.97 Å². The first-order valence-corrected chi connectivity index (χ1v) is 9.85. The van der Waals surface area contributed by atoms with Crippen LogP contribution in [0.3, 0.4) is 0 Å². The lowest BCUT2D eigenvalue weighted by atomic mass is 10.2. The van der Waals surface area contributed by atoms with Crippen LogP contribution in [0.5, 0.6) is 5.75 Å². The van der Waals surface area contributed by atoms with Crippen LogP contribution >= 0.6 is 11.8 Å². The van der Waals surface area contributed by atoms with E-state index in [1.807, 2.05) is 6.92 Å². The van der Waals surface area contributed by atoms with Crippen molar-refractivity contribution in [1.29, 1.82) is 0 Å². The SMILES string of the molecule is CCCc1nc(S/C(=C\c2ccccc2OCc2ccc(F)cc2)C(=O)[O-])n[nH]1. The maximum absolute atomic E-state index is 13.0. The average Bonchev–Trinajstić information content (AvgIpc) is 3.15. The van der Waals surface area contributed by atoms with Gasteiger partial charge in [-0.3, -0.25) is 5.10 Å². The summed E-state index contributed by atoms with van der Waals surface area (Å²) in [6.07, 6.45) is 3.11. The fraction of sp³-hybridized carbons (Fsp3) is 0.190. The van der Waals surface area contributed by atoms with E-state index in [4.69, 9.17) is 4.74 Å². The summed E-state index contributed by atoms with van der Waals surface area (Å²) in [4.78, 5) is 15.9. The molecule has 0 saturated carbocycles. The molecule has 3 aromatic rings. The third-order valence-electron chi connectivity index (χ3n) is 3.91. The van der Waals surface area contributed by atoms with Crippen LogP contribution in [0.15, 0.2) is 58.6 Å². The largest absolute Gasteiger partial charge is 0.544 e. The second kappa shape index (κ2) is 9.88. The molecular formula is C21H19FN3O3S-. The first-order chi connectivity index (χ1) is 14.0. The number of aliphatic carboxylic acids is 1. The van der Waals surface area contributed by atoms with Gasteiger partial charge in [0, 0.05) is 16.9 Å². The minimum absolute atomic E-state index is 0.0371. The number of ether oxygens (including phenoxy) is 1. The normalized spacial score (nSPS) is 11.4. The number of aromatic nitrogens is 3. The molecule has 6 nitrogen and oxygen atoms in total. The summed E-state index contributed by atoms with van der Waals surface area (Å²) in [5.74, 6) is -0.444. The molecule has 150 valence electrons. The van der Waals surface area contributed by atoms with Gasteiger partial charge >= 0.3 is 0 Å². The molecule has 2 aromatic carbocycles. The van der Waals surface area contributed by atoms with Crippen molar-refractivity contribution in [1.82, 2.24) is 15.2 Å². The van der Waals surface area contributed by atoms with Gasteiger partial charge in [-0.05, 0) is 48.0 Å². The van der Waals surface area contributed by atoms with Gasteiger partial charge in [-0.1, -0.05) is 37.3 Å². The van der Waals surface area contributed by atoms with Crippen LogP contribution in [-0.2, 0) is 17.8 Å². The molecule has 0 atom stereocenters. The van der Waals surface area contributed by atoms with Crippen LogP contribution in [0.1, 0.15) is 30.3 Å². The lowest BCUT2D eigenvalue weighted by Gasteiger charge is -2.11. The van der Waals surface area contributed by atoms with Gasteiger partial charge in [0.05, 0.1) is 5.97 Å². The number of hydrogen-bond donors (Lipinski definition) is 1. The number of aryl methyl sites for hydroxylation is 1. The molecule has 1 N–H and O–H groups in total. The molecule has 0 aliphatic heterocycles. The van der Waals surface area contributed by atoms with E-state index in [0.717, 1.165) is 30.2 Å². The van der Waals surface area contributed by atoms with E-state index in [1.54, 1.807) is 36.4 Å². The second-order valence-corrected chi connectivity index (χ2v) is 7.17. The Morgan fingerprint density at radius 2 is 2.00 bits per heavy atom. The summed E-state index contributed by atoms with van der Waals surface area (Å²) in [5, 5.41) is 18.8. The number of carboxylic acids is 1. The monoisotopic (exact) mass is 412 g/mol. The van der Waals surface area contributed by atoms with Crippen molar-refractivity contribution < 1.29 is 19.0 Å². The summed E-state index contributed by atoms with van der Waals surface area (Å²) in [6, 6.07) is 13.0. The van der Waals surface area contributed by atoms with Crippen LogP contribution in [-0.4, -0.2) is 21.2 Å². The van der Waals surface area contributed by atoms with E-state index in [9.17, 15) is 14.3 Å². The highest BCUT2D eigenvalue weighted by atomic mass is 32.2. The summed E-state index contributed by atoms with van der Waals surface area (Å²) in [7, 11) is 0. The first-order valence-electron chi connectivity index (χ1n) is 9.03. The number of rotatable bonds is 9. The van der Waals surface area contributed by atoms with Crippen molar-refractivity contribution in [2.75, 3.05) is 0 Å². The van der Waals surface area contributed by atoms with Crippen molar-refractivity contribution >= 4 is 23.8 Å². The van der Waals surface area contributed by atoms with E-state index >= 15 is 0 Å². The number of aromatic amines is 1. The van der Waals surface area contributed by atoms with Gasteiger partial charge in [-0.15, -0.1) is 5.10 Å². The van der Waals surface area contributed by atoms with Crippen molar-refractivity contribution in [3.05, 3.63) is 76.2 Å². The minimum Gasteiger partial charge on any atom is -0.544 e. The number of carbonyl (C=O) groups excluding carboxylic acids is 1. The van der Waals surface area contributed by atoms with Gasteiger partial charge < -0.3 is 14.6 Å². The molecule has 0 radical (unpaired) electrons. The molecule has 0 aliphatic rings. The topological polar surface area (TPSA) is 90.9 Å². The molecule has 0 bridgehead atoms. The summed E-state index contributed by atoms with van der Waals surface area (Å²) >= 11 is 0.911. The predicted octanol–water partition coefficient (Wildman–Crippen LogP) is 3.36. The molecule has 1 aromatic heterocycles. The Balaban J connectivity index is 1.78. The Bertz CT molecular complexity index is 1000. The lowest BCUT2D eigenvalue weighted by molar-refractivity contribution is -0.297. The molecule has 0 amide bonds. The van der Waals surface area contributed by atoms with Crippen LogP contribution in [0.25, 0.3) is 6.08 Å². The maximum Gasteiger partial charge on any atom is 0.213 e. The zero-order chi connectivity index (χ0) is 20.6. The van der Waals surface area contributed by atoms with Crippen LogP contribution in [0, 0.1) is 5.82 Å². The Morgan fingerprint density at radius 1 is 1.24 bits per heavy atom. The highest BCUT2D eigenvalue weighted by Gasteiger charge is 2.10. The molecule has 1 heterocycles. The Kier molecular flexibility index (Phi) is 7.02. The standard InChI is InChI=1S/C21H20FN3O3S/c1-2-5-19-23-21(25-24-19)29-18(20(26)27)12-15-6-3-4-7-17(15)28-13-14-8-10-16(22)11-9-14/h3-4,6-12H,2,5,13H2,1H3,(H,26,27)(H,23,24,25)/p-1/b18-12-. The number of nitrogens with zero attached hydrogens (tertiary/aromatic N) is 2. The summed E-state index contributed by atoms with van der Waals surface area (Å²) in [5.41, 5.74) is 1.37. The van der Waals surface area contributed by atoms with Crippen LogP contribution in [0.2, 0.25) is 0 Å². The highest BCUT2D eigenvalue weighted by molar-refractivity contribution is 8.04. The molecule has 0 unspecified atom stereocenters. The number of halogens is 1. The van der Waals surface area contributed by atoms with Gasteiger partial charge in [-0.2, -0.15) is 0 Å². The molecule has 0 aliphatic carbocycles. The summed E-state index contributed by atoms with van der Waals surface area (Å²) in [6.45, 7) is 2.24. The molecule has 3 rings (SSSR count). The molecule has 8 heteroatoms. The number of para-hydroxylation sites is 1. The Hall–Kier alpha value is -3.13. The molecule has 0 spiro atoms. The predicted molar refractivity (Wildman–Crippen MR) is 106 cm³/mol. The van der Waals surface area contributed by atoms with Crippen LogP contribution in [0.4, 0.5) is 4.39 Å². The minimum atomic E-state index is -1.33. The number of H-pyrrole nitrogens is 1. The quantitative estimate of drug-likeness (QED) is 0.428. The fourth-order valence-electron chi connectivity index (χ4n) is 2.51. The number of benzene rings is 2. The molecule has 29 heavy (non-hydrogen) atoms. The summed E-state index contributed by atoms with van der Waals surface area (Å²) < 4.78 is 18.8. The van der Waals surface area contributed by atoms with Gasteiger partial charge in [0.15, 0.2) is 0 Å². The number of hydrogen-bond acceptors (Lipinski definition) is 6. The van der Waals surface area contributed by atoms with Gasteiger partial charge in [0.1, 0.15) is 24.0 Å². The highest BCUT2D eigenvalue weighted by Crippen LogP contribution is 2.29. The first kappa shape index (κ1) is 20.6. The van der Waals surface area contributed by atoms with Gasteiger partial charge in [0.25, 0.3) is 0 Å². The molecule has 0 saturated heterocycles. The van der Waals surface area contributed by atoms with Crippen molar-refractivity contribution in [3.8, 4) is 5.75 Å². The van der Waals surface area contributed by atoms with Crippen molar-refractivity contribution in [2.24, 2.45) is 0 Å². The lowest BCUT2D eigenvalue weighted by Crippen LogP contribution is -2.23. The van der Waals surface area contributed by atoms with Crippen molar-refractivity contribution in [2.45, 2.75) is 31.5 Å². The third kappa shape index (κ3) is 5.92. The van der Waals surface area contributed by atoms with Gasteiger partial charge in [0.2, 0.25) is 5.16 Å². The zero-order valence-corrected chi connectivity index (χ0v) is 16.5.